The van der Waals surface area contributed by atoms with Crippen LogP contribution in [0.15, 0.2) is 6.07 Å². The summed E-state index contributed by atoms with van der Waals surface area (Å²) in [5.41, 5.74) is 1.00. The van der Waals surface area contributed by atoms with Crippen LogP contribution in [0.2, 0.25) is 0 Å². The molecule has 0 saturated carbocycles. The second kappa shape index (κ2) is 8.97. The average molecular weight is 415 g/mol. The van der Waals surface area contributed by atoms with E-state index in [1.807, 2.05) is 11.8 Å². The summed E-state index contributed by atoms with van der Waals surface area (Å²) >= 11 is 0. The summed E-state index contributed by atoms with van der Waals surface area (Å²) < 4.78 is 0. The van der Waals surface area contributed by atoms with E-state index in [4.69, 9.17) is 9.97 Å². The lowest BCUT2D eigenvalue weighted by atomic mass is 9.95. The van der Waals surface area contributed by atoms with E-state index in [0.717, 1.165) is 43.3 Å². The highest BCUT2D eigenvalue weighted by Crippen LogP contribution is 2.28. The Morgan fingerprint density at radius 1 is 1.13 bits per heavy atom. The minimum Gasteiger partial charge on any atom is -0.357 e. The normalized spacial score (nSPS) is 20.2. The third kappa shape index (κ3) is 4.55. The number of carbonyl (C=O) groups excluding carboxylic acids is 3. The maximum absolute atomic E-state index is 12.5. The SMILES string of the molecule is Cc1cc(N2CCCC2)nc(C2CCN(C(=O)CCCN3C(=O)CNC3=O)CC2)n1. The number of aryl methyl sites for hydroxylation is 1. The number of carbonyl (C=O) groups is 3. The van der Waals surface area contributed by atoms with Crippen molar-refractivity contribution in [3.05, 3.63) is 17.6 Å². The first-order valence-corrected chi connectivity index (χ1v) is 11.0. The second-order valence-corrected chi connectivity index (χ2v) is 8.38. The molecule has 4 amide bonds. The molecule has 4 heterocycles. The summed E-state index contributed by atoms with van der Waals surface area (Å²) in [6, 6.07) is 1.71. The van der Waals surface area contributed by atoms with Gasteiger partial charge in [0.05, 0.1) is 6.54 Å². The molecular formula is C21H30N6O3. The van der Waals surface area contributed by atoms with Gasteiger partial charge in [0.15, 0.2) is 0 Å². The van der Waals surface area contributed by atoms with Crippen LogP contribution < -0.4 is 10.2 Å². The van der Waals surface area contributed by atoms with Crippen LogP contribution in [0.3, 0.4) is 0 Å². The van der Waals surface area contributed by atoms with Gasteiger partial charge in [-0.15, -0.1) is 0 Å². The van der Waals surface area contributed by atoms with Gasteiger partial charge in [-0.3, -0.25) is 14.5 Å². The van der Waals surface area contributed by atoms with Gasteiger partial charge in [-0.2, -0.15) is 0 Å². The lowest BCUT2D eigenvalue weighted by Gasteiger charge is -2.32. The van der Waals surface area contributed by atoms with E-state index in [-0.39, 0.29) is 30.3 Å². The highest BCUT2D eigenvalue weighted by molar-refractivity contribution is 6.01. The molecule has 0 aliphatic carbocycles. The Balaban J connectivity index is 1.27. The van der Waals surface area contributed by atoms with Gasteiger partial charge in [0, 0.05) is 56.8 Å². The minimum absolute atomic E-state index is 0.0563. The number of likely N-dealkylation sites (tertiary alicyclic amines) is 1. The Morgan fingerprint density at radius 3 is 2.53 bits per heavy atom. The fourth-order valence-corrected chi connectivity index (χ4v) is 4.48. The molecule has 3 fully saturated rings. The number of anilines is 1. The van der Waals surface area contributed by atoms with Gasteiger partial charge >= 0.3 is 6.03 Å². The van der Waals surface area contributed by atoms with Crippen LogP contribution in [0, 0.1) is 6.92 Å². The zero-order valence-corrected chi connectivity index (χ0v) is 17.6. The molecule has 0 radical (unpaired) electrons. The zero-order chi connectivity index (χ0) is 21.1. The van der Waals surface area contributed by atoms with Crippen LogP contribution in [-0.2, 0) is 9.59 Å². The molecule has 162 valence electrons. The van der Waals surface area contributed by atoms with Gasteiger partial charge in [-0.25, -0.2) is 14.8 Å². The number of nitrogens with zero attached hydrogens (tertiary/aromatic N) is 5. The lowest BCUT2D eigenvalue weighted by Crippen LogP contribution is -2.39. The Labute approximate surface area is 176 Å². The molecule has 1 aromatic rings. The number of hydrogen-bond donors (Lipinski definition) is 1. The standard InChI is InChI=1S/C21H30N6O3/c1-15-13-17(25-8-2-3-9-25)24-20(23-15)16-6-11-26(12-7-16)18(28)5-4-10-27-19(29)14-22-21(27)30/h13,16H,2-12,14H2,1H3,(H,22,30). The van der Waals surface area contributed by atoms with Gasteiger partial charge in [0.1, 0.15) is 11.6 Å². The maximum atomic E-state index is 12.5. The Bertz CT molecular complexity index is 799. The van der Waals surface area contributed by atoms with E-state index in [0.29, 0.717) is 32.5 Å². The van der Waals surface area contributed by atoms with Gasteiger partial charge in [0.2, 0.25) is 11.8 Å². The van der Waals surface area contributed by atoms with Crippen LogP contribution in [0.5, 0.6) is 0 Å². The molecule has 0 spiro atoms. The Kier molecular flexibility index (Phi) is 6.15. The number of amides is 4. The van der Waals surface area contributed by atoms with Crippen molar-refractivity contribution in [2.45, 2.75) is 51.4 Å². The molecule has 4 rings (SSSR count). The summed E-state index contributed by atoms with van der Waals surface area (Å²) in [6.45, 7) is 5.89. The van der Waals surface area contributed by atoms with Gasteiger partial charge in [-0.05, 0) is 39.0 Å². The number of imide groups is 1. The quantitative estimate of drug-likeness (QED) is 0.707. The molecule has 3 aliphatic heterocycles. The van der Waals surface area contributed by atoms with Gasteiger partial charge < -0.3 is 15.1 Å². The van der Waals surface area contributed by atoms with Crippen LogP contribution in [0.4, 0.5) is 10.6 Å². The molecule has 0 atom stereocenters. The van der Waals surface area contributed by atoms with Gasteiger partial charge in [0.25, 0.3) is 0 Å². The zero-order valence-electron chi connectivity index (χ0n) is 17.6. The summed E-state index contributed by atoms with van der Waals surface area (Å²) in [4.78, 5) is 50.6. The second-order valence-electron chi connectivity index (χ2n) is 8.38. The highest BCUT2D eigenvalue weighted by Gasteiger charge is 2.29. The number of nitrogens with one attached hydrogen (secondary N) is 1. The summed E-state index contributed by atoms with van der Waals surface area (Å²) in [5, 5.41) is 2.49. The first-order valence-electron chi connectivity index (χ1n) is 11.0. The van der Waals surface area contributed by atoms with Crippen molar-refractivity contribution < 1.29 is 14.4 Å². The molecule has 1 aromatic heterocycles. The minimum atomic E-state index is -0.361. The summed E-state index contributed by atoms with van der Waals surface area (Å²) in [6.07, 6.45) is 5.01. The smallest absolute Gasteiger partial charge is 0.324 e. The third-order valence-corrected chi connectivity index (χ3v) is 6.21. The topological polar surface area (TPSA) is 98.7 Å². The summed E-state index contributed by atoms with van der Waals surface area (Å²) in [7, 11) is 0. The van der Waals surface area contributed by atoms with E-state index < -0.39 is 0 Å². The van der Waals surface area contributed by atoms with Crippen LogP contribution >= 0.6 is 0 Å². The first kappa shape index (κ1) is 20.6. The maximum Gasteiger partial charge on any atom is 0.324 e. The third-order valence-electron chi connectivity index (χ3n) is 6.21. The van der Waals surface area contributed by atoms with E-state index in [1.54, 1.807) is 0 Å². The number of urea groups is 1. The van der Waals surface area contributed by atoms with Crippen molar-refractivity contribution in [2.24, 2.45) is 0 Å². The molecule has 30 heavy (non-hydrogen) atoms. The first-order chi connectivity index (χ1) is 14.5. The van der Waals surface area contributed by atoms with E-state index in [9.17, 15) is 14.4 Å². The Hall–Kier alpha value is -2.71. The molecular weight excluding hydrogens is 384 g/mol. The van der Waals surface area contributed by atoms with E-state index >= 15 is 0 Å². The van der Waals surface area contributed by atoms with Gasteiger partial charge in [-0.1, -0.05) is 0 Å². The van der Waals surface area contributed by atoms with Crippen molar-refractivity contribution in [3.8, 4) is 0 Å². The number of rotatable bonds is 6. The summed E-state index contributed by atoms with van der Waals surface area (Å²) in [5.74, 6) is 2.08. The van der Waals surface area contributed by atoms with Crippen molar-refractivity contribution in [2.75, 3.05) is 44.2 Å². The van der Waals surface area contributed by atoms with Crippen molar-refractivity contribution >= 4 is 23.7 Å². The molecule has 3 saturated heterocycles. The van der Waals surface area contributed by atoms with E-state index in [1.165, 1.54) is 17.7 Å². The average Bonchev–Trinajstić information content (AvgIpc) is 3.39. The highest BCUT2D eigenvalue weighted by atomic mass is 16.2. The predicted molar refractivity (Wildman–Crippen MR) is 111 cm³/mol. The fourth-order valence-electron chi connectivity index (χ4n) is 4.48. The number of hydrogen-bond acceptors (Lipinski definition) is 6. The number of aromatic nitrogens is 2. The monoisotopic (exact) mass is 414 g/mol. The lowest BCUT2D eigenvalue weighted by molar-refractivity contribution is -0.133. The van der Waals surface area contributed by atoms with Crippen LogP contribution in [0.25, 0.3) is 0 Å². The molecule has 0 bridgehead atoms. The van der Waals surface area contributed by atoms with Crippen molar-refractivity contribution in [3.63, 3.8) is 0 Å². The largest absolute Gasteiger partial charge is 0.357 e. The fraction of sp³-hybridized carbons (Fsp3) is 0.667. The predicted octanol–water partition coefficient (Wildman–Crippen LogP) is 1.42. The molecule has 0 unspecified atom stereocenters. The molecule has 9 nitrogen and oxygen atoms in total. The van der Waals surface area contributed by atoms with Crippen molar-refractivity contribution in [1.29, 1.82) is 0 Å². The van der Waals surface area contributed by atoms with Crippen molar-refractivity contribution in [1.82, 2.24) is 25.1 Å². The Morgan fingerprint density at radius 2 is 1.87 bits per heavy atom. The molecule has 3 aliphatic rings. The van der Waals surface area contributed by atoms with Crippen LogP contribution in [-0.4, -0.2) is 76.9 Å². The van der Waals surface area contributed by atoms with E-state index in [2.05, 4.69) is 16.3 Å². The molecule has 9 heteroatoms. The van der Waals surface area contributed by atoms with Crippen LogP contribution in [0.1, 0.15) is 56.0 Å². The molecule has 1 N–H and O–H groups in total. The number of piperidine rings is 1. The molecule has 0 aromatic carbocycles.